The standard InChI is InChI=1S/C14H17ClN2OS/c1-9-5-6-12(10(7-9)14(2,3)4)18-8-11-13(15)19-17-16-11/h5-7H,8H2,1-4H3. The molecule has 0 aliphatic heterocycles. The van der Waals surface area contributed by atoms with Crippen molar-refractivity contribution in [1.29, 1.82) is 0 Å². The van der Waals surface area contributed by atoms with Crippen LogP contribution in [0.25, 0.3) is 0 Å². The van der Waals surface area contributed by atoms with Crippen LogP contribution in [0.2, 0.25) is 4.34 Å². The monoisotopic (exact) mass is 296 g/mol. The van der Waals surface area contributed by atoms with Crippen molar-refractivity contribution in [3.8, 4) is 5.75 Å². The molecule has 0 saturated carbocycles. The Morgan fingerprint density at radius 3 is 2.63 bits per heavy atom. The number of hydrogen-bond acceptors (Lipinski definition) is 4. The summed E-state index contributed by atoms with van der Waals surface area (Å²) in [4.78, 5) is 0. The Morgan fingerprint density at radius 1 is 1.32 bits per heavy atom. The number of ether oxygens (including phenoxy) is 1. The predicted molar refractivity (Wildman–Crippen MR) is 79.1 cm³/mol. The van der Waals surface area contributed by atoms with E-state index in [1.54, 1.807) is 0 Å². The van der Waals surface area contributed by atoms with Crippen LogP contribution in [-0.2, 0) is 12.0 Å². The molecule has 0 saturated heterocycles. The largest absolute Gasteiger partial charge is 0.487 e. The number of rotatable bonds is 3. The van der Waals surface area contributed by atoms with E-state index in [9.17, 15) is 0 Å². The fraction of sp³-hybridized carbons (Fsp3) is 0.429. The first-order valence-electron chi connectivity index (χ1n) is 6.08. The van der Waals surface area contributed by atoms with Crippen molar-refractivity contribution in [2.24, 2.45) is 0 Å². The summed E-state index contributed by atoms with van der Waals surface area (Å²) in [5, 5.41) is 3.95. The molecule has 0 atom stereocenters. The number of benzene rings is 1. The van der Waals surface area contributed by atoms with E-state index in [2.05, 4.69) is 43.3 Å². The second-order valence-electron chi connectivity index (χ2n) is 5.53. The Kier molecular flexibility index (Phi) is 4.11. The summed E-state index contributed by atoms with van der Waals surface area (Å²) in [5.41, 5.74) is 3.13. The highest BCUT2D eigenvalue weighted by atomic mass is 35.5. The third-order valence-electron chi connectivity index (χ3n) is 2.82. The van der Waals surface area contributed by atoms with Gasteiger partial charge in [0.1, 0.15) is 22.4 Å². The predicted octanol–water partition coefficient (Wildman–Crippen LogP) is 4.38. The highest BCUT2D eigenvalue weighted by molar-refractivity contribution is 7.10. The second kappa shape index (κ2) is 5.47. The van der Waals surface area contributed by atoms with Gasteiger partial charge in [0.05, 0.1) is 0 Å². The van der Waals surface area contributed by atoms with E-state index >= 15 is 0 Å². The lowest BCUT2D eigenvalue weighted by Crippen LogP contribution is -2.14. The summed E-state index contributed by atoms with van der Waals surface area (Å²) < 4.78 is 10.3. The first kappa shape index (κ1) is 14.3. The SMILES string of the molecule is Cc1ccc(OCc2nnsc2Cl)c(C(C)(C)C)c1. The number of halogens is 1. The molecule has 0 aliphatic rings. The maximum Gasteiger partial charge on any atom is 0.141 e. The van der Waals surface area contributed by atoms with Gasteiger partial charge in [0.25, 0.3) is 0 Å². The van der Waals surface area contributed by atoms with Crippen molar-refractivity contribution in [1.82, 2.24) is 9.59 Å². The van der Waals surface area contributed by atoms with Gasteiger partial charge in [-0.2, -0.15) is 0 Å². The van der Waals surface area contributed by atoms with Gasteiger partial charge in [-0.25, -0.2) is 0 Å². The number of aryl methyl sites for hydroxylation is 1. The van der Waals surface area contributed by atoms with Crippen LogP contribution in [0.15, 0.2) is 18.2 Å². The smallest absolute Gasteiger partial charge is 0.141 e. The molecule has 0 aliphatic carbocycles. The minimum Gasteiger partial charge on any atom is -0.487 e. The first-order valence-corrected chi connectivity index (χ1v) is 7.24. The molecule has 0 radical (unpaired) electrons. The molecule has 1 aromatic carbocycles. The Labute approximate surface area is 122 Å². The van der Waals surface area contributed by atoms with E-state index in [0.717, 1.165) is 5.75 Å². The fourth-order valence-corrected chi connectivity index (χ4v) is 2.39. The van der Waals surface area contributed by atoms with Crippen molar-refractivity contribution in [2.75, 3.05) is 0 Å². The molecule has 5 heteroatoms. The summed E-state index contributed by atoms with van der Waals surface area (Å²) in [7, 11) is 0. The Hall–Kier alpha value is -1.13. The zero-order chi connectivity index (χ0) is 14.0. The average Bonchev–Trinajstić information content (AvgIpc) is 2.72. The van der Waals surface area contributed by atoms with Crippen molar-refractivity contribution in [3.63, 3.8) is 0 Å². The molecule has 0 fully saturated rings. The average molecular weight is 297 g/mol. The van der Waals surface area contributed by atoms with E-state index in [1.165, 1.54) is 22.7 Å². The Morgan fingerprint density at radius 2 is 2.05 bits per heavy atom. The first-order chi connectivity index (χ1) is 8.88. The summed E-state index contributed by atoms with van der Waals surface area (Å²) >= 11 is 7.15. The lowest BCUT2D eigenvalue weighted by atomic mass is 9.85. The molecule has 2 aromatic rings. The maximum absolute atomic E-state index is 5.97. The molecule has 0 amide bonds. The third kappa shape index (κ3) is 3.45. The molecule has 0 N–H and O–H groups in total. The van der Waals surface area contributed by atoms with E-state index in [0.29, 0.717) is 16.6 Å². The summed E-state index contributed by atoms with van der Waals surface area (Å²) in [5.74, 6) is 0.877. The third-order valence-corrected chi connectivity index (χ3v) is 3.80. The number of nitrogens with zero attached hydrogens (tertiary/aromatic N) is 2. The minimum atomic E-state index is 0.0332. The molecule has 19 heavy (non-hydrogen) atoms. The highest BCUT2D eigenvalue weighted by Crippen LogP contribution is 2.33. The van der Waals surface area contributed by atoms with Crippen molar-refractivity contribution < 1.29 is 4.74 Å². The van der Waals surface area contributed by atoms with Gasteiger partial charge in [-0.1, -0.05) is 54.6 Å². The normalized spacial score (nSPS) is 11.6. The Bertz CT molecular complexity index is 575. The second-order valence-corrected chi connectivity index (χ2v) is 6.89. The van der Waals surface area contributed by atoms with Crippen LogP contribution in [0.5, 0.6) is 5.75 Å². The molecule has 0 bridgehead atoms. The molecule has 0 unspecified atom stereocenters. The quantitative estimate of drug-likeness (QED) is 0.843. The van der Waals surface area contributed by atoms with Crippen molar-refractivity contribution >= 4 is 23.1 Å². The van der Waals surface area contributed by atoms with E-state index in [1.807, 2.05) is 12.1 Å². The topological polar surface area (TPSA) is 35.0 Å². The molecule has 102 valence electrons. The van der Waals surface area contributed by atoms with Gasteiger partial charge in [0.2, 0.25) is 0 Å². The zero-order valence-corrected chi connectivity index (χ0v) is 13.1. The van der Waals surface area contributed by atoms with Gasteiger partial charge in [0, 0.05) is 11.5 Å². The van der Waals surface area contributed by atoms with Crippen LogP contribution < -0.4 is 4.74 Å². The lowest BCUT2D eigenvalue weighted by Gasteiger charge is -2.23. The van der Waals surface area contributed by atoms with Crippen LogP contribution in [0, 0.1) is 6.92 Å². The minimum absolute atomic E-state index is 0.0332. The van der Waals surface area contributed by atoms with Gasteiger partial charge >= 0.3 is 0 Å². The van der Waals surface area contributed by atoms with Crippen LogP contribution >= 0.6 is 23.1 Å². The van der Waals surface area contributed by atoms with Gasteiger partial charge < -0.3 is 4.74 Å². The van der Waals surface area contributed by atoms with E-state index in [4.69, 9.17) is 16.3 Å². The van der Waals surface area contributed by atoms with E-state index in [-0.39, 0.29) is 5.41 Å². The van der Waals surface area contributed by atoms with Crippen LogP contribution in [0.4, 0.5) is 0 Å². The Balaban J connectivity index is 2.23. The fourth-order valence-electron chi connectivity index (χ4n) is 1.79. The van der Waals surface area contributed by atoms with Gasteiger partial charge in [-0.3, -0.25) is 0 Å². The van der Waals surface area contributed by atoms with Crippen LogP contribution in [0.3, 0.4) is 0 Å². The molecule has 2 rings (SSSR count). The summed E-state index contributed by atoms with van der Waals surface area (Å²) in [6.07, 6.45) is 0. The van der Waals surface area contributed by atoms with Crippen LogP contribution in [-0.4, -0.2) is 9.59 Å². The lowest BCUT2D eigenvalue weighted by molar-refractivity contribution is 0.293. The van der Waals surface area contributed by atoms with Gasteiger partial charge in [0.15, 0.2) is 0 Å². The van der Waals surface area contributed by atoms with Gasteiger partial charge in [-0.15, -0.1) is 5.10 Å². The van der Waals surface area contributed by atoms with Crippen molar-refractivity contribution in [2.45, 2.75) is 39.7 Å². The van der Waals surface area contributed by atoms with E-state index < -0.39 is 0 Å². The highest BCUT2D eigenvalue weighted by Gasteiger charge is 2.19. The van der Waals surface area contributed by atoms with Crippen molar-refractivity contribution in [3.05, 3.63) is 39.4 Å². The molecular weight excluding hydrogens is 280 g/mol. The zero-order valence-electron chi connectivity index (χ0n) is 11.5. The molecular formula is C14H17ClN2OS. The molecule has 1 aromatic heterocycles. The van der Waals surface area contributed by atoms with Crippen LogP contribution in [0.1, 0.15) is 37.6 Å². The molecule has 3 nitrogen and oxygen atoms in total. The summed E-state index contributed by atoms with van der Waals surface area (Å²) in [6.45, 7) is 8.95. The number of aromatic nitrogens is 2. The summed E-state index contributed by atoms with van der Waals surface area (Å²) in [6, 6.07) is 6.21. The number of hydrogen-bond donors (Lipinski definition) is 0. The molecule has 0 spiro atoms. The maximum atomic E-state index is 5.97. The van der Waals surface area contributed by atoms with Gasteiger partial charge in [-0.05, 0) is 24.0 Å². The molecule has 1 heterocycles.